The summed E-state index contributed by atoms with van der Waals surface area (Å²) in [6, 6.07) is -1.30. The van der Waals surface area contributed by atoms with Crippen molar-refractivity contribution < 1.29 is 24.0 Å². The van der Waals surface area contributed by atoms with Gasteiger partial charge in [0.15, 0.2) is 5.78 Å². The van der Waals surface area contributed by atoms with Crippen LogP contribution >= 0.6 is 0 Å². The first-order valence-corrected chi connectivity index (χ1v) is 11.0. The lowest BCUT2D eigenvalue weighted by Crippen LogP contribution is -2.52. The standard InChI is InChI=1S/C19H29N3O5.C4H10/c1-12(2)18(19(27)20-13(3)14(4)23)21-15(24)8-6-5-7-11-22-16(25)9-10-17(22)26;1-4(2)3/h9-10,12-13,18H,5-8,11H2,1-4H3,(H,20,27)(H,21,24);4H,1-3H3/t13-,18?;/m0./s1. The number of unbranched alkanes of at least 4 members (excludes halogenated alkanes) is 2. The molecule has 31 heavy (non-hydrogen) atoms. The van der Waals surface area contributed by atoms with Gasteiger partial charge in [0.2, 0.25) is 11.8 Å². The number of amides is 4. The number of hydrogen-bond donors (Lipinski definition) is 2. The first-order valence-electron chi connectivity index (χ1n) is 11.0. The first kappa shape index (κ1) is 28.5. The molecule has 2 N–H and O–H groups in total. The molecule has 0 aromatic carbocycles. The van der Waals surface area contributed by atoms with Crippen LogP contribution in [0.15, 0.2) is 12.2 Å². The predicted octanol–water partition coefficient (Wildman–Crippen LogP) is 2.37. The minimum atomic E-state index is -0.704. The molecule has 1 heterocycles. The fourth-order valence-corrected chi connectivity index (χ4v) is 2.57. The summed E-state index contributed by atoms with van der Waals surface area (Å²) in [4.78, 5) is 59.7. The fraction of sp³-hybridized carbons (Fsp3) is 0.696. The van der Waals surface area contributed by atoms with E-state index in [1.165, 1.54) is 24.0 Å². The Morgan fingerprint density at radius 3 is 1.84 bits per heavy atom. The Morgan fingerprint density at radius 2 is 1.39 bits per heavy atom. The molecule has 8 heteroatoms. The van der Waals surface area contributed by atoms with Gasteiger partial charge in [-0.15, -0.1) is 0 Å². The topological polar surface area (TPSA) is 113 Å². The first-order chi connectivity index (χ1) is 14.4. The van der Waals surface area contributed by atoms with E-state index >= 15 is 0 Å². The smallest absolute Gasteiger partial charge is 0.253 e. The summed E-state index contributed by atoms with van der Waals surface area (Å²) >= 11 is 0. The SMILES string of the molecule is CC(=O)[C@H](C)NC(=O)C(NC(=O)CCCCCN1C(=O)C=CC1=O)C(C)C.CC(C)C. The number of nitrogens with zero attached hydrogens (tertiary/aromatic N) is 1. The summed E-state index contributed by atoms with van der Waals surface area (Å²) in [5.41, 5.74) is 0. The molecule has 0 aliphatic carbocycles. The van der Waals surface area contributed by atoms with Gasteiger partial charge >= 0.3 is 0 Å². The van der Waals surface area contributed by atoms with E-state index in [-0.39, 0.29) is 41.8 Å². The lowest BCUT2D eigenvalue weighted by molar-refractivity contribution is -0.137. The van der Waals surface area contributed by atoms with E-state index in [1.54, 1.807) is 6.92 Å². The van der Waals surface area contributed by atoms with Crippen molar-refractivity contribution in [2.24, 2.45) is 11.8 Å². The summed E-state index contributed by atoms with van der Waals surface area (Å²) in [6.07, 6.45) is 4.64. The van der Waals surface area contributed by atoms with Gasteiger partial charge in [-0.3, -0.25) is 28.9 Å². The van der Waals surface area contributed by atoms with Crippen molar-refractivity contribution >= 4 is 29.4 Å². The van der Waals surface area contributed by atoms with Crippen molar-refractivity contribution in [2.75, 3.05) is 6.54 Å². The summed E-state index contributed by atoms with van der Waals surface area (Å²) < 4.78 is 0. The molecule has 4 amide bonds. The molecule has 1 unspecified atom stereocenters. The van der Waals surface area contributed by atoms with Crippen molar-refractivity contribution in [1.82, 2.24) is 15.5 Å². The Hall–Kier alpha value is -2.51. The Labute approximate surface area is 186 Å². The zero-order chi connectivity index (χ0) is 24.1. The van der Waals surface area contributed by atoms with Crippen molar-refractivity contribution in [2.45, 2.75) is 86.2 Å². The molecule has 1 aliphatic rings. The van der Waals surface area contributed by atoms with E-state index in [1.807, 2.05) is 13.8 Å². The Bertz CT molecular complexity index is 649. The molecule has 2 atom stereocenters. The molecule has 1 rings (SSSR count). The molecular formula is C23H39N3O5. The van der Waals surface area contributed by atoms with Gasteiger partial charge in [-0.25, -0.2) is 0 Å². The molecule has 0 bridgehead atoms. The molecule has 8 nitrogen and oxygen atoms in total. The number of nitrogens with one attached hydrogen (secondary N) is 2. The van der Waals surface area contributed by atoms with Crippen LogP contribution in [0.4, 0.5) is 0 Å². The molecule has 0 aromatic heterocycles. The third kappa shape index (κ3) is 12.1. The largest absolute Gasteiger partial charge is 0.345 e. The lowest BCUT2D eigenvalue weighted by Gasteiger charge is -2.23. The minimum absolute atomic E-state index is 0.118. The maximum Gasteiger partial charge on any atom is 0.253 e. The fourth-order valence-electron chi connectivity index (χ4n) is 2.57. The normalized spacial score (nSPS) is 14.9. The number of carbonyl (C=O) groups is 5. The van der Waals surface area contributed by atoms with E-state index in [4.69, 9.17) is 0 Å². The van der Waals surface area contributed by atoms with E-state index < -0.39 is 12.1 Å². The molecule has 0 saturated heterocycles. The third-order valence-electron chi connectivity index (χ3n) is 4.42. The van der Waals surface area contributed by atoms with Crippen molar-refractivity contribution in [3.8, 4) is 0 Å². The number of rotatable bonds is 11. The number of carbonyl (C=O) groups excluding carboxylic acids is 5. The van der Waals surface area contributed by atoms with E-state index in [9.17, 15) is 24.0 Å². The monoisotopic (exact) mass is 437 g/mol. The van der Waals surface area contributed by atoms with Crippen LogP contribution < -0.4 is 10.6 Å². The number of Topliss-reactive ketones (excluding diaryl/α,β-unsaturated/α-hetero) is 1. The quantitative estimate of drug-likeness (QED) is 0.381. The summed E-state index contributed by atoms with van der Waals surface area (Å²) in [6.45, 7) is 13.5. The highest BCUT2D eigenvalue weighted by Crippen LogP contribution is 2.09. The van der Waals surface area contributed by atoms with Crippen molar-refractivity contribution in [1.29, 1.82) is 0 Å². The number of hydrogen-bond acceptors (Lipinski definition) is 5. The van der Waals surface area contributed by atoms with Crippen LogP contribution in [0.5, 0.6) is 0 Å². The van der Waals surface area contributed by atoms with Crippen molar-refractivity contribution in [3.05, 3.63) is 12.2 Å². The lowest BCUT2D eigenvalue weighted by atomic mass is 10.0. The van der Waals surface area contributed by atoms with Gasteiger partial charge in [-0.1, -0.05) is 41.0 Å². The van der Waals surface area contributed by atoms with Crippen molar-refractivity contribution in [3.63, 3.8) is 0 Å². The van der Waals surface area contributed by atoms with Crippen LogP contribution in [0.2, 0.25) is 0 Å². The van der Waals surface area contributed by atoms with Gasteiger partial charge in [0.1, 0.15) is 6.04 Å². The molecule has 0 saturated carbocycles. The van der Waals surface area contributed by atoms with Gasteiger partial charge in [0, 0.05) is 25.1 Å². The predicted molar refractivity (Wildman–Crippen MR) is 120 cm³/mol. The van der Waals surface area contributed by atoms with Crippen LogP contribution in [-0.4, -0.2) is 52.9 Å². The van der Waals surface area contributed by atoms with E-state index in [0.717, 1.165) is 5.92 Å². The van der Waals surface area contributed by atoms with Gasteiger partial charge in [-0.05, 0) is 38.5 Å². The Kier molecular flexibility index (Phi) is 13.3. The Morgan fingerprint density at radius 1 is 0.871 bits per heavy atom. The van der Waals surface area contributed by atoms with Gasteiger partial charge in [0.25, 0.3) is 11.8 Å². The highest BCUT2D eigenvalue weighted by molar-refractivity contribution is 6.12. The summed E-state index contributed by atoms with van der Waals surface area (Å²) in [5, 5.41) is 5.32. The molecule has 0 aromatic rings. The molecule has 0 radical (unpaired) electrons. The second-order valence-corrected chi connectivity index (χ2v) is 8.83. The summed E-state index contributed by atoms with van der Waals surface area (Å²) in [5.74, 6) is -0.657. The molecule has 0 fully saturated rings. The molecule has 1 aliphatic heterocycles. The molecule has 176 valence electrons. The zero-order valence-corrected chi connectivity index (χ0v) is 20.0. The van der Waals surface area contributed by atoms with Crippen LogP contribution in [0.3, 0.4) is 0 Å². The maximum absolute atomic E-state index is 12.3. The van der Waals surface area contributed by atoms with Gasteiger partial charge in [-0.2, -0.15) is 0 Å². The summed E-state index contributed by atoms with van der Waals surface area (Å²) in [7, 11) is 0. The van der Waals surface area contributed by atoms with Crippen LogP contribution in [0.1, 0.15) is 74.1 Å². The number of ketones is 1. The van der Waals surface area contributed by atoms with Gasteiger partial charge < -0.3 is 10.6 Å². The second-order valence-electron chi connectivity index (χ2n) is 8.83. The molecular weight excluding hydrogens is 398 g/mol. The molecule has 0 spiro atoms. The van der Waals surface area contributed by atoms with E-state index in [2.05, 4.69) is 31.4 Å². The van der Waals surface area contributed by atoms with Gasteiger partial charge in [0.05, 0.1) is 6.04 Å². The van der Waals surface area contributed by atoms with E-state index in [0.29, 0.717) is 25.8 Å². The average Bonchev–Trinajstić information content (AvgIpc) is 2.96. The maximum atomic E-state index is 12.3. The third-order valence-corrected chi connectivity index (χ3v) is 4.42. The number of imide groups is 1. The second kappa shape index (κ2) is 14.5. The minimum Gasteiger partial charge on any atom is -0.345 e. The Balaban J connectivity index is 0.00000206. The van der Waals surface area contributed by atoms with Crippen LogP contribution in [0, 0.1) is 11.8 Å². The average molecular weight is 438 g/mol. The van der Waals surface area contributed by atoms with Crippen LogP contribution in [-0.2, 0) is 24.0 Å². The highest BCUT2D eigenvalue weighted by atomic mass is 16.2. The van der Waals surface area contributed by atoms with Crippen LogP contribution in [0.25, 0.3) is 0 Å². The highest BCUT2D eigenvalue weighted by Gasteiger charge is 2.26. The zero-order valence-electron chi connectivity index (χ0n) is 20.0.